The first-order chi connectivity index (χ1) is 6.90. The Hall–Kier alpha value is -0.630. The Balaban J connectivity index is 2.52. The lowest BCUT2D eigenvalue weighted by molar-refractivity contribution is -0.151. The van der Waals surface area contributed by atoms with Crippen LogP contribution < -0.4 is 0 Å². The Bertz CT molecular complexity index is 322. The molecule has 0 radical (unpaired) electrons. The third-order valence-electron chi connectivity index (χ3n) is 5.21. The lowest BCUT2D eigenvalue weighted by Crippen LogP contribution is -2.56. The fourth-order valence-corrected chi connectivity index (χ4v) is 3.65. The van der Waals surface area contributed by atoms with Crippen LogP contribution in [-0.4, -0.2) is 16.5 Å². The molecule has 0 heterocycles. The highest BCUT2D eigenvalue weighted by Crippen LogP contribution is 2.62. The van der Waals surface area contributed by atoms with Gasteiger partial charge >= 0.3 is 0 Å². The van der Waals surface area contributed by atoms with Gasteiger partial charge in [-0.3, -0.25) is 4.79 Å². The molecule has 2 nitrogen and oxygen atoms in total. The standard InChI is InChI=1S/C13H20O2/c1-4-13(15)8-5-7-11(2)10(14)6-9-12(11,13)3/h4,15H,1,5-9H2,2-3H3/t11-,12+,13-/m0/s1. The van der Waals surface area contributed by atoms with Crippen LogP contribution in [0.5, 0.6) is 0 Å². The fraction of sp³-hybridized carbons (Fsp3) is 0.769. The Kier molecular flexibility index (Phi) is 2.13. The van der Waals surface area contributed by atoms with E-state index in [-0.39, 0.29) is 10.8 Å². The van der Waals surface area contributed by atoms with E-state index in [4.69, 9.17) is 0 Å². The van der Waals surface area contributed by atoms with Crippen molar-refractivity contribution >= 4 is 5.78 Å². The predicted octanol–water partition coefficient (Wildman–Crippen LogP) is 2.46. The minimum atomic E-state index is -0.855. The molecule has 84 valence electrons. The van der Waals surface area contributed by atoms with E-state index in [9.17, 15) is 9.90 Å². The van der Waals surface area contributed by atoms with Crippen molar-refractivity contribution in [2.75, 3.05) is 0 Å². The quantitative estimate of drug-likeness (QED) is 0.672. The molecule has 0 saturated heterocycles. The average Bonchev–Trinajstić information content (AvgIpc) is 2.44. The van der Waals surface area contributed by atoms with Crippen molar-refractivity contribution in [2.24, 2.45) is 10.8 Å². The van der Waals surface area contributed by atoms with Crippen molar-refractivity contribution in [2.45, 2.75) is 51.6 Å². The van der Waals surface area contributed by atoms with Gasteiger partial charge in [0, 0.05) is 17.3 Å². The van der Waals surface area contributed by atoms with Gasteiger partial charge in [0.25, 0.3) is 0 Å². The maximum absolute atomic E-state index is 12.0. The van der Waals surface area contributed by atoms with Gasteiger partial charge in [0.2, 0.25) is 0 Å². The van der Waals surface area contributed by atoms with E-state index < -0.39 is 5.60 Å². The highest BCUT2D eigenvalue weighted by atomic mass is 16.3. The third-order valence-corrected chi connectivity index (χ3v) is 5.21. The van der Waals surface area contributed by atoms with Crippen LogP contribution in [0.4, 0.5) is 0 Å². The summed E-state index contributed by atoms with van der Waals surface area (Å²) in [5, 5.41) is 10.6. The molecule has 0 bridgehead atoms. The van der Waals surface area contributed by atoms with E-state index in [0.29, 0.717) is 12.2 Å². The summed E-state index contributed by atoms with van der Waals surface area (Å²) in [6.07, 6.45) is 5.64. The summed E-state index contributed by atoms with van der Waals surface area (Å²) in [4.78, 5) is 12.0. The van der Waals surface area contributed by atoms with Crippen LogP contribution in [0.1, 0.15) is 46.0 Å². The maximum atomic E-state index is 12.0. The number of aliphatic hydroxyl groups is 1. The summed E-state index contributed by atoms with van der Waals surface area (Å²) >= 11 is 0. The van der Waals surface area contributed by atoms with Crippen molar-refractivity contribution in [1.29, 1.82) is 0 Å². The van der Waals surface area contributed by atoms with E-state index in [1.807, 2.05) is 6.92 Å². The highest BCUT2D eigenvalue weighted by Gasteiger charge is 2.64. The minimum absolute atomic E-state index is 0.308. The van der Waals surface area contributed by atoms with Crippen LogP contribution in [0.2, 0.25) is 0 Å². The number of hydrogen-bond acceptors (Lipinski definition) is 2. The van der Waals surface area contributed by atoms with Crippen molar-refractivity contribution in [3.63, 3.8) is 0 Å². The molecule has 0 aromatic rings. The fourth-order valence-electron chi connectivity index (χ4n) is 3.65. The van der Waals surface area contributed by atoms with Crippen molar-refractivity contribution in [3.8, 4) is 0 Å². The Morgan fingerprint density at radius 1 is 1.33 bits per heavy atom. The van der Waals surface area contributed by atoms with Gasteiger partial charge in [-0.05, 0) is 25.7 Å². The Morgan fingerprint density at radius 2 is 2.00 bits per heavy atom. The molecule has 0 aromatic carbocycles. The zero-order valence-corrected chi connectivity index (χ0v) is 9.68. The first-order valence-electron chi connectivity index (χ1n) is 5.79. The van der Waals surface area contributed by atoms with Crippen LogP contribution in [0, 0.1) is 10.8 Å². The SMILES string of the molecule is C=C[C@]1(O)CCC[C@@]2(C)C(=O)CC[C@]21C. The average molecular weight is 208 g/mol. The van der Waals surface area contributed by atoms with Crippen LogP contribution in [0.15, 0.2) is 12.7 Å². The number of carbonyl (C=O) groups excluding carboxylic acids is 1. The van der Waals surface area contributed by atoms with Gasteiger partial charge in [0.1, 0.15) is 5.78 Å². The normalized spacial score (nSPS) is 50.2. The molecule has 2 saturated carbocycles. The van der Waals surface area contributed by atoms with Gasteiger partial charge in [-0.25, -0.2) is 0 Å². The molecule has 2 aliphatic carbocycles. The van der Waals surface area contributed by atoms with Crippen LogP contribution in [0.3, 0.4) is 0 Å². The maximum Gasteiger partial charge on any atom is 0.139 e. The van der Waals surface area contributed by atoms with Crippen LogP contribution in [-0.2, 0) is 4.79 Å². The van der Waals surface area contributed by atoms with Crippen molar-refractivity contribution in [1.82, 2.24) is 0 Å². The second kappa shape index (κ2) is 2.94. The van der Waals surface area contributed by atoms with E-state index >= 15 is 0 Å². The summed E-state index contributed by atoms with van der Waals surface area (Å²) < 4.78 is 0. The van der Waals surface area contributed by atoms with Gasteiger partial charge in [-0.1, -0.05) is 19.9 Å². The second-order valence-corrected chi connectivity index (χ2v) is 5.57. The number of carbonyl (C=O) groups is 1. The second-order valence-electron chi connectivity index (χ2n) is 5.57. The molecular formula is C13H20O2. The summed E-state index contributed by atoms with van der Waals surface area (Å²) in [7, 11) is 0. The van der Waals surface area contributed by atoms with Gasteiger partial charge in [0.15, 0.2) is 0 Å². The van der Waals surface area contributed by atoms with Gasteiger partial charge < -0.3 is 5.11 Å². The molecular weight excluding hydrogens is 188 g/mol. The van der Waals surface area contributed by atoms with Crippen molar-refractivity contribution < 1.29 is 9.90 Å². The molecule has 0 aliphatic heterocycles. The van der Waals surface area contributed by atoms with Gasteiger partial charge in [-0.2, -0.15) is 0 Å². The largest absolute Gasteiger partial charge is 0.385 e. The van der Waals surface area contributed by atoms with Gasteiger partial charge in [-0.15, -0.1) is 6.58 Å². The summed E-state index contributed by atoms with van der Waals surface area (Å²) in [5.41, 5.74) is -1.50. The number of ketones is 1. The van der Waals surface area contributed by atoms with Crippen molar-refractivity contribution in [3.05, 3.63) is 12.7 Å². The first kappa shape index (κ1) is 10.9. The lowest BCUT2D eigenvalue weighted by atomic mass is 9.52. The zero-order valence-electron chi connectivity index (χ0n) is 9.68. The molecule has 2 fully saturated rings. The van der Waals surface area contributed by atoms with E-state index in [2.05, 4.69) is 13.5 Å². The number of hydrogen-bond donors (Lipinski definition) is 1. The van der Waals surface area contributed by atoms with Crippen LogP contribution >= 0.6 is 0 Å². The summed E-state index contributed by atoms with van der Waals surface area (Å²) in [5.74, 6) is 0.324. The molecule has 0 aromatic heterocycles. The molecule has 0 amide bonds. The number of rotatable bonds is 1. The highest BCUT2D eigenvalue weighted by molar-refractivity contribution is 5.88. The summed E-state index contributed by atoms with van der Waals surface area (Å²) in [6.45, 7) is 7.83. The Labute approximate surface area is 91.4 Å². The van der Waals surface area contributed by atoms with E-state index in [1.165, 1.54) is 0 Å². The topological polar surface area (TPSA) is 37.3 Å². The molecule has 15 heavy (non-hydrogen) atoms. The zero-order chi connectivity index (χ0) is 11.3. The molecule has 1 N–H and O–H groups in total. The minimum Gasteiger partial charge on any atom is -0.385 e. The van der Waals surface area contributed by atoms with E-state index in [0.717, 1.165) is 25.7 Å². The molecule has 2 aliphatic rings. The molecule has 0 unspecified atom stereocenters. The predicted molar refractivity (Wildman–Crippen MR) is 59.5 cm³/mol. The van der Waals surface area contributed by atoms with Crippen LogP contribution in [0.25, 0.3) is 0 Å². The third kappa shape index (κ3) is 1.06. The first-order valence-corrected chi connectivity index (χ1v) is 5.79. The lowest BCUT2D eigenvalue weighted by Gasteiger charge is -2.53. The molecule has 2 rings (SSSR count). The number of fused-ring (bicyclic) bond motifs is 1. The summed E-state index contributed by atoms with van der Waals surface area (Å²) in [6, 6.07) is 0. The smallest absolute Gasteiger partial charge is 0.139 e. The number of Topliss-reactive ketones (excluding diaryl/α,β-unsaturated/α-hetero) is 1. The monoisotopic (exact) mass is 208 g/mol. The molecule has 2 heteroatoms. The Morgan fingerprint density at radius 3 is 2.60 bits per heavy atom. The molecule has 3 atom stereocenters. The molecule has 0 spiro atoms. The van der Waals surface area contributed by atoms with E-state index in [1.54, 1.807) is 6.08 Å². The van der Waals surface area contributed by atoms with Gasteiger partial charge in [0.05, 0.1) is 5.60 Å².